The van der Waals surface area contributed by atoms with E-state index in [1.807, 2.05) is 0 Å². The van der Waals surface area contributed by atoms with Crippen molar-refractivity contribution in [3.63, 3.8) is 0 Å². The molecule has 8 heteroatoms. The van der Waals surface area contributed by atoms with Gasteiger partial charge in [-0.15, -0.1) is 0 Å². The quantitative estimate of drug-likeness (QED) is 0.878. The molecule has 0 aliphatic carbocycles. The zero-order valence-corrected chi connectivity index (χ0v) is 10.7. The van der Waals surface area contributed by atoms with Gasteiger partial charge >= 0.3 is 5.97 Å². The molecule has 0 radical (unpaired) electrons. The number of carboxylic acid groups (broad SMARTS) is 1. The first-order valence-corrected chi connectivity index (χ1v) is 6.97. The van der Waals surface area contributed by atoms with Crippen molar-refractivity contribution in [2.45, 2.75) is 4.90 Å². The zero-order valence-electron chi connectivity index (χ0n) is 9.87. The van der Waals surface area contributed by atoms with Gasteiger partial charge in [-0.25, -0.2) is 17.6 Å². The highest BCUT2D eigenvalue weighted by atomic mass is 32.2. The molecule has 0 aromatic heterocycles. The van der Waals surface area contributed by atoms with Gasteiger partial charge in [0.2, 0.25) is 10.0 Å². The molecule has 1 aromatic carbocycles. The average molecular weight is 289 g/mol. The molecule has 0 bridgehead atoms. The maximum atomic E-state index is 13.2. The van der Waals surface area contributed by atoms with Gasteiger partial charge in [-0.3, -0.25) is 0 Å². The smallest absolute Gasteiger partial charge is 0.338 e. The van der Waals surface area contributed by atoms with Crippen molar-refractivity contribution >= 4 is 16.0 Å². The molecule has 1 aromatic rings. The molecule has 1 saturated heterocycles. The van der Waals surface area contributed by atoms with E-state index in [-0.39, 0.29) is 31.2 Å². The number of aromatic carboxylic acids is 1. The third-order valence-electron chi connectivity index (χ3n) is 2.78. The Balaban J connectivity index is 2.40. The fourth-order valence-electron chi connectivity index (χ4n) is 1.76. The van der Waals surface area contributed by atoms with Crippen LogP contribution in [0.5, 0.6) is 0 Å². The van der Waals surface area contributed by atoms with Crippen molar-refractivity contribution in [2.75, 3.05) is 26.3 Å². The summed E-state index contributed by atoms with van der Waals surface area (Å²) in [5, 5.41) is 8.80. The summed E-state index contributed by atoms with van der Waals surface area (Å²) in [4.78, 5) is 10.6. The number of benzene rings is 1. The molecule has 0 spiro atoms. The number of hydrogen-bond acceptors (Lipinski definition) is 4. The van der Waals surface area contributed by atoms with Crippen LogP contribution in [0.25, 0.3) is 0 Å². The first kappa shape index (κ1) is 13.9. The first-order chi connectivity index (χ1) is 8.93. The van der Waals surface area contributed by atoms with Crippen molar-refractivity contribution < 1.29 is 27.4 Å². The van der Waals surface area contributed by atoms with Crippen molar-refractivity contribution in [3.8, 4) is 0 Å². The predicted molar refractivity (Wildman–Crippen MR) is 62.9 cm³/mol. The molecule has 19 heavy (non-hydrogen) atoms. The van der Waals surface area contributed by atoms with E-state index in [0.29, 0.717) is 0 Å². The summed E-state index contributed by atoms with van der Waals surface area (Å²) in [6.45, 7) is 0.961. The van der Waals surface area contributed by atoms with Crippen molar-refractivity contribution in [1.82, 2.24) is 4.31 Å². The van der Waals surface area contributed by atoms with E-state index in [0.717, 1.165) is 18.2 Å². The Morgan fingerprint density at radius 2 is 1.95 bits per heavy atom. The molecule has 2 rings (SSSR count). The topological polar surface area (TPSA) is 83.9 Å². The second-order valence-corrected chi connectivity index (χ2v) is 5.90. The average Bonchev–Trinajstić information content (AvgIpc) is 2.39. The van der Waals surface area contributed by atoms with Gasteiger partial charge in [0.15, 0.2) is 0 Å². The Bertz CT molecular complexity index is 595. The molecule has 1 heterocycles. The molecule has 1 aliphatic heterocycles. The van der Waals surface area contributed by atoms with Crippen LogP contribution in [-0.4, -0.2) is 50.1 Å². The maximum Gasteiger partial charge on any atom is 0.338 e. The Labute approximate surface area is 109 Å². The molecule has 104 valence electrons. The minimum Gasteiger partial charge on any atom is -0.478 e. The third-order valence-corrected chi connectivity index (χ3v) is 4.67. The lowest BCUT2D eigenvalue weighted by atomic mass is 10.2. The first-order valence-electron chi connectivity index (χ1n) is 5.53. The molecule has 0 atom stereocenters. The number of halogens is 1. The predicted octanol–water partition coefficient (Wildman–Crippen LogP) is 0.545. The second-order valence-electron chi connectivity index (χ2n) is 3.96. The number of rotatable bonds is 3. The Kier molecular flexibility index (Phi) is 3.83. The van der Waals surface area contributed by atoms with E-state index in [4.69, 9.17) is 9.84 Å². The lowest BCUT2D eigenvalue weighted by Crippen LogP contribution is -2.40. The van der Waals surface area contributed by atoms with E-state index in [9.17, 15) is 17.6 Å². The fraction of sp³-hybridized carbons (Fsp3) is 0.364. The van der Waals surface area contributed by atoms with E-state index in [2.05, 4.69) is 0 Å². The second kappa shape index (κ2) is 5.24. The van der Waals surface area contributed by atoms with E-state index < -0.39 is 27.4 Å². The van der Waals surface area contributed by atoms with Crippen LogP contribution in [0, 0.1) is 5.82 Å². The van der Waals surface area contributed by atoms with Crippen LogP contribution in [0.4, 0.5) is 4.39 Å². The number of nitrogens with zero attached hydrogens (tertiary/aromatic N) is 1. The molecule has 1 aliphatic rings. The summed E-state index contributed by atoms with van der Waals surface area (Å²) in [5.74, 6) is -2.47. The summed E-state index contributed by atoms with van der Waals surface area (Å²) in [7, 11) is -3.81. The number of carboxylic acids is 1. The van der Waals surface area contributed by atoms with E-state index in [1.54, 1.807) is 0 Å². The van der Waals surface area contributed by atoms with E-state index >= 15 is 0 Å². The minimum atomic E-state index is -3.81. The van der Waals surface area contributed by atoms with Crippen LogP contribution in [0.15, 0.2) is 23.1 Å². The highest BCUT2D eigenvalue weighted by molar-refractivity contribution is 7.89. The number of morpholine rings is 1. The van der Waals surface area contributed by atoms with Crippen molar-refractivity contribution in [1.29, 1.82) is 0 Å². The van der Waals surface area contributed by atoms with Crippen LogP contribution in [-0.2, 0) is 14.8 Å². The highest BCUT2D eigenvalue weighted by Gasteiger charge is 2.27. The molecule has 6 nitrogen and oxygen atoms in total. The Hall–Kier alpha value is -1.51. The summed E-state index contributed by atoms with van der Waals surface area (Å²) in [6.07, 6.45) is 0. The number of carbonyl (C=O) groups is 1. The van der Waals surface area contributed by atoms with Crippen LogP contribution in [0.3, 0.4) is 0 Å². The largest absolute Gasteiger partial charge is 0.478 e. The molecule has 0 unspecified atom stereocenters. The van der Waals surface area contributed by atoms with E-state index in [1.165, 1.54) is 4.31 Å². The normalized spacial score (nSPS) is 17.3. The zero-order chi connectivity index (χ0) is 14.0. The molecular formula is C11H12FNO5S. The SMILES string of the molecule is O=C(O)c1cc(S(=O)(=O)N2CCOCC2)ccc1F. The van der Waals surface area contributed by atoms with Gasteiger partial charge in [-0.2, -0.15) is 4.31 Å². The number of sulfonamides is 1. The van der Waals surface area contributed by atoms with Gasteiger partial charge in [-0.1, -0.05) is 0 Å². The standard InChI is InChI=1S/C11H12FNO5S/c12-10-2-1-8(7-9(10)11(14)15)19(16,17)13-3-5-18-6-4-13/h1-2,7H,3-6H2,(H,14,15). The van der Waals surface area contributed by atoms with Gasteiger partial charge in [0, 0.05) is 13.1 Å². The molecule has 1 N–H and O–H groups in total. The minimum absolute atomic E-state index is 0.197. The monoisotopic (exact) mass is 289 g/mol. The highest BCUT2D eigenvalue weighted by Crippen LogP contribution is 2.20. The summed E-state index contributed by atoms with van der Waals surface area (Å²) in [6, 6.07) is 2.74. The molecule has 0 saturated carbocycles. The molecular weight excluding hydrogens is 277 g/mol. The van der Waals surface area contributed by atoms with Crippen LogP contribution in [0.2, 0.25) is 0 Å². The van der Waals surface area contributed by atoms with Gasteiger partial charge in [0.25, 0.3) is 0 Å². The number of hydrogen-bond donors (Lipinski definition) is 1. The third kappa shape index (κ3) is 2.75. The molecule has 1 fully saturated rings. The van der Waals surface area contributed by atoms with Crippen LogP contribution >= 0.6 is 0 Å². The van der Waals surface area contributed by atoms with Crippen LogP contribution in [0.1, 0.15) is 10.4 Å². The van der Waals surface area contributed by atoms with Gasteiger partial charge < -0.3 is 9.84 Å². The Morgan fingerprint density at radius 3 is 2.53 bits per heavy atom. The molecule has 0 amide bonds. The summed E-state index contributed by atoms with van der Waals surface area (Å²) in [5.41, 5.74) is -0.658. The Morgan fingerprint density at radius 1 is 1.32 bits per heavy atom. The van der Waals surface area contributed by atoms with Gasteiger partial charge in [0.1, 0.15) is 5.82 Å². The van der Waals surface area contributed by atoms with Gasteiger partial charge in [0.05, 0.1) is 23.7 Å². The summed E-state index contributed by atoms with van der Waals surface area (Å²) < 4.78 is 43.9. The van der Waals surface area contributed by atoms with Crippen LogP contribution < -0.4 is 0 Å². The summed E-state index contributed by atoms with van der Waals surface area (Å²) >= 11 is 0. The maximum absolute atomic E-state index is 13.2. The van der Waals surface area contributed by atoms with Crippen molar-refractivity contribution in [3.05, 3.63) is 29.6 Å². The lowest BCUT2D eigenvalue weighted by Gasteiger charge is -2.26. The number of ether oxygens (including phenoxy) is 1. The lowest BCUT2D eigenvalue weighted by molar-refractivity contribution is 0.0691. The van der Waals surface area contributed by atoms with Crippen molar-refractivity contribution in [2.24, 2.45) is 0 Å². The van der Waals surface area contributed by atoms with Gasteiger partial charge in [-0.05, 0) is 18.2 Å². The fourth-order valence-corrected chi connectivity index (χ4v) is 3.20.